The minimum absolute atomic E-state index is 0.134. The predicted molar refractivity (Wildman–Crippen MR) is 109 cm³/mol. The van der Waals surface area contributed by atoms with Gasteiger partial charge in [-0.25, -0.2) is 31.9 Å². The van der Waals surface area contributed by atoms with Crippen LogP contribution in [0.3, 0.4) is 0 Å². The number of rotatable bonds is 7. The maximum Gasteiger partial charge on any atom is 0.491 e. The van der Waals surface area contributed by atoms with Crippen molar-refractivity contribution >= 4 is 30.7 Å². The molecule has 0 aliphatic heterocycles. The minimum Gasteiger partial charge on any atom is -0.441 e. The second-order valence-electron chi connectivity index (χ2n) is 6.84. The maximum absolute atomic E-state index is 13.4. The quantitative estimate of drug-likeness (QED) is 0.439. The van der Waals surface area contributed by atoms with Gasteiger partial charge in [0.15, 0.2) is 0 Å². The number of hydrogen-bond acceptors (Lipinski definition) is 6. The summed E-state index contributed by atoms with van der Waals surface area (Å²) in [5.74, 6) is -3.25. The number of carbonyl (C=O) groups is 1. The molecule has 0 aliphatic carbocycles. The summed E-state index contributed by atoms with van der Waals surface area (Å²) < 4.78 is 79.8. The topological polar surface area (TPSA) is 89.5 Å². The molecule has 0 aliphatic rings. The molecule has 2 rings (SSSR count). The summed E-state index contributed by atoms with van der Waals surface area (Å²) in [7, 11) is -3.33. The van der Waals surface area contributed by atoms with E-state index < -0.39 is 36.8 Å². The Morgan fingerprint density at radius 1 is 1.19 bits per heavy atom. The molecule has 0 amide bonds. The molecular weight excluding hydrogens is 461 g/mol. The third-order valence-corrected chi connectivity index (χ3v) is 6.10. The average Bonchev–Trinajstić information content (AvgIpc) is 2.66. The van der Waals surface area contributed by atoms with Crippen molar-refractivity contribution in [1.82, 2.24) is 9.97 Å². The van der Waals surface area contributed by atoms with Crippen molar-refractivity contribution in [2.24, 2.45) is 0 Å². The second-order valence-corrected chi connectivity index (χ2v) is 9.70. The number of aromatic nitrogens is 2. The predicted octanol–water partition coefficient (Wildman–Crippen LogP) is 4.00. The van der Waals surface area contributed by atoms with Gasteiger partial charge in [0.2, 0.25) is 16.0 Å². The summed E-state index contributed by atoms with van der Waals surface area (Å²) >= 11 is 0. The summed E-state index contributed by atoms with van der Waals surface area (Å²) in [6.45, 7) is 3.52. The van der Waals surface area contributed by atoms with Gasteiger partial charge >= 0.3 is 12.1 Å². The highest BCUT2D eigenvalue weighted by Crippen LogP contribution is 2.35. The summed E-state index contributed by atoms with van der Waals surface area (Å²) in [4.78, 5) is 19.6. The zero-order valence-electron chi connectivity index (χ0n) is 17.0. The number of nitrogens with zero attached hydrogens (tertiary/aromatic N) is 3. The maximum atomic E-state index is 13.4. The number of halogens is 4. The Hall–Kier alpha value is -2.33. The van der Waals surface area contributed by atoms with Crippen molar-refractivity contribution in [3.05, 3.63) is 41.3 Å². The standard InChI is InChI=1S/C18H20F4N3O4PS/c1-10(2)14-13(9-30-29-16(26)18(20,21)22)15(11-5-7-12(19)8-6-11)24-17(23-14)25(3)31(4,27)28/h5-8,10,30H,9H2,1-4H3. The van der Waals surface area contributed by atoms with E-state index in [0.29, 0.717) is 16.8 Å². The van der Waals surface area contributed by atoms with Gasteiger partial charge in [-0.2, -0.15) is 13.2 Å². The van der Waals surface area contributed by atoms with Crippen LogP contribution in [0, 0.1) is 5.82 Å². The molecular formula is C18H20F4N3O4PS. The number of carbonyl (C=O) groups excluding carboxylic acids is 1. The monoisotopic (exact) mass is 481 g/mol. The average molecular weight is 481 g/mol. The van der Waals surface area contributed by atoms with Crippen molar-refractivity contribution in [2.75, 3.05) is 17.6 Å². The van der Waals surface area contributed by atoms with Gasteiger partial charge in [-0.1, -0.05) is 13.8 Å². The van der Waals surface area contributed by atoms with E-state index in [1.165, 1.54) is 31.3 Å². The first kappa shape index (κ1) is 24.9. The van der Waals surface area contributed by atoms with Crippen molar-refractivity contribution in [3.63, 3.8) is 0 Å². The lowest BCUT2D eigenvalue weighted by molar-refractivity contribution is -0.188. The number of anilines is 1. The van der Waals surface area contributed by atoms with Gasteiger partial charge in [0, 0.05) is 24.3 Å². The van der Waals surface area contributed by atoms with Crippen LogP contribution in [-0.2, 0) is 25.5 Å². The van der Waals surface area contributed by atoms with Gasteiger partial charge < -0.3 is 4.52 Å². The van der Waals surface area contributed by atoms with Gasteiger partial charge in [-0.3, -0.25) is 0 Å². The molecule has 0 spiro atoms. The van der Waals surface area contributed by atoms with E-state index in [-0.39, 0.29) is 23.7 Å². The van der Waals surface area contributed by atoms with Crippen LogP contribution in [0.5, 0.6) is 0 Å². The molecule has 0 radical (unpaired) electrons. The van der Waals surface area contributed by atoms with Crippen LogP contribution in [0.2, 0.25) is 0 Å². The lowest BCUT2D eigenvalue weighted by Gasteiger charge is -2.21. The largest absolute Gasteiger partial charge is 0.491 e. The van der Waals surface area contributed by atoms with E-state index in [4.69, 9.17) is 0 Å². The van der Waals surface area contributed by atoms with Gasteiger partial charge in [-0.15, -0.1) is 0 Å². The zero-order chi connectivity index (χ0) is 23.6. The van der Waals surface area contributed by atoms with Crippen LogP contribution < -0.4 is 4.31 Å². The van der Waals surface area contributed by atoms with E-state index in [9.17, 15) is 30.8 Å². The van der Waals surface area contributed by atoms with Crippen molar-refractivity contribution in [1.29, 1.82) is 0 Å². The molecule has 0 saturated carbocycles. The summed E-state index contributed by atoms with van der Waals surface area (Å²) in [5.41, 5.74) is 1.35. The summed E-state index contributed by atoms with van der Waals surface area (Å²) in [6, 6.07) is 5.14. The fourth-order valence-corrected chi connectivity index (χ4v) is 3.70. The third-order valence-electron chi connectivity index (χ3n) is 4.12. The SMILES string of the molecule is CC(C)c1nc(N(C)S(C)(=O)=O)nc(-c2ccc(F)cc2)c1CPOC(=O)C(F)(F)F. The van der Waals surface area contributed by atoms with E-state index in [1.807, 2.05) is 0 Å². The van der Waals surface area contributed by atoms with Crippen LogP contribution in [0.15, 0.2) is 24.3 Å². The van der Waals surface area contributed by atoms with Crippen LogP contribution in [0.4, 0.5) is 23.5 Å². The number of hydrogen-bond donors (Lipinski definition) is 0. The molecule has 31 heavy (non-hydrogen) atoms. The van der Waals surface area contributed by atoms with E-state index in [1.54, 1.807) is 13.8 Å². The van der Waals surface area contributed by atoms with E-state index in [0.717, 1.165) is 10.6 Å². The van der Waals surface area contributed by atoms with Crippen LogP contribution in [0.1, 0.15) is 31.0 Å². The lowest BCUT2D eigenvalue weighted by atomic mass is 9.99. The van der Waals surface area contributed by atoms with Gasteiger partial charge in [-0.05, 0) is 30.2 Å². The number of sulfonamides is 1. The van der Waals surface area contributed by atoms with Crippen molar-refractivity contribution in [2.45, 2.75) is 32.1 Å². The number of benzene rings is 1. The van der Waals surface area contributed by atoms with Crippen molar-refractivity contribution in [3.8, 4) is 11.3 Å². The Kier molecular flexibility index (Phi) is 7.59. The molecule has 2 aromatic rings. The van der Waals surface area contributed by atoms with Crippen LogP contribution in [-0.4, -0.2) is 43.8 Å². The first-order valence-electron chi connectivity index (χ1n) is 8.83. The fraction of sp³-hybridized carbons (Fsp3) is 0.389. The first-order chi connectivity index (χ1) is 14.2. The zero-order valence-corrected chi connectivity index (χ0v) is 18.8. The Labute approximate surface area is 178 Å². The Balaban J connectivity index is 2.59. The minimum atomic E-state index is -5.12. The van der Waals surface area contributed by atoms with Crippen LogP contribution in [0.25, 0.3) is 11.3 Å². The molecule has 0 fully saturated rings. The molecule has 13 heteroatoms. The highest BCUT2D eigenvalue weighted by molar-refractivity contribution is 7.92. The lowest BCUT2D eigenvalue weighted by Crippen LogP contribution is -2.28. The molecule has 1 heterocycles. The number of alkyl halides is 3. The first-order valence-corrected chi connectivity index (χ1v) is 11.8. The van der Waals surface area contributed by atoms with Gasteiger partial charge in [0.1, 0.15) is 5.82 Å². The highest BCUT2D eigenvalue weighted by Gasteiger charge is 2.41. The molecule has 1 aromatic carbocycles. The van der Waals surface area contributed by atoms with Crippen molar-refractivity contribution < 1.29 is 35.3 Å². The molecule has 1 atom stereocenters. The van der Waals surface area contributed by atoms with Gasteiger partial charge in [0.05, 0.1) is 26.5 Å². The molecule has 1 aromatic heterocycles. The van der Waals surface area contributed by atoms with E-state index >= 15 is 0 Å². The Bertz CT molecular complexity index is 1060. The smallest absolute Gasteiger partial charge is 0.441 e. The van der Waals surface area contributed by atoms with Crippen LogP contribution >= 0.6 is 8.81 Å². The van der Waals surface area contributed by atoms with Gasteiger partial charge in [0.25, 0.3) is 0 Å². The summed E-state index contributed by atoms with van der Waals surface area (Å²) in [6.07, 6.45) is -4.29. The van der Waals surface area contributed by atoms with E-state index in [2.05, 4.69) is 14.5 Å². The molecule has 170 valence electrons. The molecule has 0 N–H and O–H groups in total. The molecule has 1 unspecified atom stereocenters. The third kappa shape index (κ3) is 6.33. The molecule has 0 saturated heterocycles. The summed E-state index contributed by atoms with van der Waals surface area (Å²) in [5, 5.41) is 0. The normalized spacial score (nSPS) is 12.5. The Morgan fingerprint density at radius 3 is 2.26 bits per heavy atom. The highest BCUT2D eigenvalue weighted by atomic mass is 32.2. The molecule has 7 nitrogen and oxygen atoms in total. The molecule has 0 bridgehead atoms. The second kappa shape index (κ2) is 9.44. The Morgan fingerprint density at radius 2 is 1.77 bits per heavy atom. The fourth-order valence-electron chi connectivity index (χ4n) is 2.51.